The number of carbonyl (C=O) groups excluding carboxylic acids is 2. The van der Waals surface area contributed by atoms with E-state index in [9.17, 15) is 18.4 Å². The Hall–Kier alpha value is -2.27. The minimum Gasteiger partial charge on any atom is -0.457 e. The van der Waals surface area contributed by atoms with Gasteiger partial charge in [0.15, 0.2) is 6.61 Å². The Kier molecular flexibility index (Phi) is 4.86. The van der Waals surface area contributed by atoms with E-state index in [1.165, 1.54) is 0 Å². The van der Waals surface area contributed by atoms with Gasteiger partial charge in [-0.1, -0.05) is 30.2 Å². The minimum atomic E-state index is -0.849. The van der Waals surface area contributed by atoms with Crippen LogP contribution in [0.4, 0.5) is 8.78 Å². The summed E-state index contributed by atoms with van der Waals surface area (Å²) in [6, 6.07) is 9.49. The van der Waals surface area contributed by atoms with E-state index in [-0.39, 0.29) is 0 Å². The van der Waals surface area contributed by atoms with Gasteiger partial charge < -0.3 is 4.74 Å². The van der Waals surface area contributed by atoms with E-state index in [0.29, 0.717) is 17.9 Å². The third kappa shape index (κ3) is 3.42. The number of ether oxygens (including phenoxy) is 1. The lowest BCUT2D eigenvalue weighted by atomic mass is 9.64. The molecule has 130 valence electrons. The number of benzene rings is 2. The summed E-state index contributed by atoms with van der Waals surface area (Å²) in [4.78, 5) is 24.6. The molecule has 0 unspecified atom stereocenters. The van der Waals surface area contributed by atoms with Gasteiger partial charge in [0.1, 0.15) is 11.6 Å². The molecule has 0 aliphatic heterocycles. The van der Waals surface area contributed by atoms with Gasteiger partial charge >= 0.3 is 5.97 Å². The quantitative estimate of drug-likeness (QED) is 0.581. The molecule has 0 heterocycles. The minimum absolute atomic E-state index is 0.429. The lowest BCUT2D eigenvalue weighted by molar-refractivity contribution is -0.153. The predicted octanol–water partition coefficient (Wildman–Crippen LogP) is 4.47. The maximum Gasteiger partial charge on any atom is 0.317 e. The van der Waals surface area contributed by atoms with Crippen molar-refractivity contribution >= 4 is 23.4 Å². The molecule has 0 bridgehead atoms. The van der Waals surface area contributed by atoms with Crippen LogP contribution in [0.2, 0.25) is 5.02 Å². The number of carbonyl (C=O) groups is 2. The van der Waals surface area contributed by atoms with Crippen LogP contribution in [0.15, 0.2) is 42.5 Å². The van der Waals surface area contributed by atoms with Crippen molar-refractivity contribution in [2.24, 2.45) is 0 Å². The van der Waals surface area contributed by atoms with Gasteiger partial charge in [0.25, 0.3) is 0 Å². The van der Waals surface area contributed by atoms with E-state index in [4.69, 9.17) is 16.3 Å². The van der Waals surface area contributed by atoms with Crippen molar-refractivity contribution in [3.8, 4) is 0 Å². The van der Waals surface area contributed by atoms with Crippen molar-refractivity contribution in [3.05, 3.63) is 70.2 Å². The average Bonchev–Trinajstić information content (AvgIpc) is 2.55. The first-order valence-electron chi connectivity index (χ1n) is 7.84. The van der Waals surface area contributed by atoms with Crippen LogP contribution in [0.3, 0.4) is 0 Å². The summed E-state index contributed by atoms with van der Waals surface area (Å²) in [5.41, 5.74) is -0.453. The second-order valence-electron chi connectivity index (χ2n) is 6.07. The van der Waals surface area contributed by atoms with Gasteiger partial charge in [0, 0.05) is 5.02 Å². The first-order chi connectivity index (χ1) is 11.9. The normalized spacial score (nSPS) is 15.3. The molecule has 1 aliphatic carbocycles. The zero-order valence-electron chi connectivity index (χ0n) is 13.2. The van der Waals surface area contributed by atoms with E-state index in [0.717, 1.165) is 30.2 Å². The predicted molar refractivity (Wildman–Crippen MR) is 88.6 cm³/mol. The highest BCUT2D eigenvalue weighted by Crippen LogP contribution is 2.45. The standard InChI is InChI=1S/C19H15ClF2O3/c20-13-4-2-12(3-5-13)19(8-1-9-19)18(24)25-11-17(23)15-10-14(21)6-7-16(15)22/h2-7,10H,1,8-9,11H2. The van der Waals surface area contributed by atoms with Gasteiger partial charge in [-0.3, -0.25) is 9.59 Å². The summed E-state index contributed by atoms with van der Waals surface area (Å²) >= 11 is 5.87. The second-order valence-corrected chi connectivity index (χ2v) is 6.50. The molecule has 0 amide bonds. The van der Waals surface area contributed by atoms with Crippen LogP contribution >= 0.6 is 11.6 Å². The van der Waals surface area contributed by atoms with E-state index in [2.05, 4.69) is 0 Å². The number of Topliss-reactive ketones (excluding diaryl/α,β-unsaturated/α-hetero) is 1. The molecule has 0 N–H and O–H groups in total. The van der Waals surface area contributed by atoms with Crippen LogP contribution in [0, 0.1) is 11.6 Å². The Morgan fingerprint density at radius 3 is 2.36 bits per heavy atom. The van der Waals surface area contributed by atoms with Crippen molar-refractivity contribution < 1.29 is 23.1 Å². The number of halogens is 3. The Morgan fingerprint density at radius 1 is 1.08 bits per heavy atom. The molecule has 0 aromatic heterocycles. The highest BCUT2D eigenvalue weighted by atomic mass is 35.5. The van der Waals surface area contributed by atoms with E-state index >= 15 is 0 Å². The molecule has 0 radical (unpaired) electrons. The number of rotatable bonds is 5. The third-order valence-corrected chi connectivity index (χ3v) is 4.81. The zero-order chi connectivity index (χ0) is 18.0. The van der Waals surface area contributed by atoms with Crippen LogP contribution in [0.1, 0.15) is 35.2 Å². The molecule has 0 spiro atoms. The molecule has 6 heteroatoms. The molecule has 25 heavy (non-hydrogen) atoms. The second kappa shape index (κ2) is 6.92. The average molecular weight is 365 g/mol. The zero-order valence-corrected chi connectivity index (χ0v) is 14.0. The van der Waals surface area contributed by atoms with Crippen molar-refractivity contribution in [2.75, 3.05) is 6.61 Å². The molecule has 1 saturated carbocycles. The molecule has 2 aromatic rings. The Balaban J connectivity index is 1.72. The highest BCUT2D eigenvalue weighted by Gasteiger charge is 2.47. The Labute approximate surface area is 148 Å². The molecule has 3 nitrogen and oxygen atoms in total. The third-order valence-electron chi connectivity index (χ3n) is 4.56. The lowest BCUT2D eigenvalue weighted by Gasteiger charge is -2.39. The summed E-state index contributed by atoms with van der Waals surface area (Å²) < 4.78 is 31.9. The maximum absolute atomic E-state index is 13.6. The highest BCUT2D eigenvalue weighted by molar-refractivity contribution is 6.30. The lowest BCUT2D eigenvalue weighted by Crippen LogP contribution is -2.44. The van der Waals surface area contributed by atoms with Crippen molar-refractivity contribution in [1.82, 2.24) is 0 Å². The van der Waals surface area contributed by atoms with Crippen LogP contribution in [-0.4, -0.2) is 18.4 Å². The first-order valence-corrected chi connectivity index (χ1v) is 8.22. The fraction of sp³-hybridized carbons (Fsp3) is 0.263. The summed E-state index contributed by atoms with van der Waals surface area (Å²) in [6.07, 6.45) is 2.08. The molecule has 0 saturated heterocycles. The maximum atomic E-state index is 13.6. The summed E-state index contributed by atoms with van der Waals surface area (Å²) in [5, 5.41) is 0.559. The number of ketones is 1. The Bertz CT molecular complexity index is 814. The molecule has 1 aliphatic rings. The van der Waals surface area contributed by atoms with Gasteiger partial charge in [0.05, 0.1) is 11.0 Å². The topological polar surface area (TPSA) is 43.4 Å². The first kappa shape index (κ1) is 17.5. The van der Waals surface area contributed by atoms with Gasteiger partial charge in [0.2, 0.25) is 5.78 Å². The molecular weight excluding hydrogens is 350 g/mol. The van der Waals surface area contributed by atoms with E-state index < -0.39 is 41.0 Å². The Morgan fingerprint density at radius 2 is 1.76 bits per heavy atom. The monoisotopic (exact) mass is 364 g/mol. The van der Waals surface area contributed by atoms with E-state index in [1.807, 2.05) is 0 Å². The van der Waals surface area contributed by atoms with Gasteiger partial charge in [-0.2, -0.15) is 0 Å². The molecule has 3 rings (SSSR count). The van der Waals surface area contributed by atoms with Gasteiger partial charge in [-0.25, -0.2) is 8.78 Å². The summed E-state index contributed by atoms with van der Waals surface area (Å²) in [6.45, 7) is -0.630. The van der Waals surface area contributed by atoms with Crippen molar-refractivity contribution in [2.45, 2.75) is 24.7 Å². The summed E-state index contributed by atoms with van der Waals surface area (Å²) in [7, 11) is 0. The molecule has 0 atom stereocenters. The fourth-order valence-electron chi connectivity index (χ4n) is 2.97. The SMILES string of the molecule is O=C(COC(=O)C1(c2ccc(Cl)cc2)CCC1)c1cc(F)ccc1F. The molecule has 1 fully saturated rings. The number of hydrogen-bond donors (Lipinski definition) is 0. The van der Waals surface area contributed by atoms with Crippen LogP contribution in [0.5, 0.6) is 0 Å². The largest absolute Gasteiger partial charge is 0.457 e. The van der Waals surface area contributed by atoms with Crippen LogP contribution in [-0.2, 0) is 14.9 Å². The smallest absolute Gasteiger partial charge is 0.317 e. The fourth-order valence-corrected chi connectivity index (χ4v) is 3.09. The number of hydrogen-bond acceptors (Lipinski definition) is 3. The van der Waals surface area contributed by atoms with Crippen LogP contribution in [0.25, 0.3) is 0 Å². The van der Waals surface area contributed by atoms with Gasteiger partial charge in [-0.05, 0) is 48.7 Å². The van der Waals surface area contributed by atoms with Crippen LogP contribution < -0.4 is 0 Å². The molecule has 2 aromatic carbocycles. The van der Waals surface area contributed by atoms with Crippen molar-refractivity contribution in [1.29, 1.82) is 0 Å². The van der Waals surface area contributed by atoms with Gasteiger partial charge in [-0.15, -0.1) is 0 Å². The number of esters is 1. The van der Waals surface area contributed by atoms with E-state index in [1.54, 1.807) is 24.3 Å². The van der Waals surface area contributed by atoms with Crippen molar-refractivity contribution in [3.63, 3.8) is 0 Å². The summed E-state index contributed by atoms with van der Waals surface area (Å²) in [5.74, 6) is -2.90. The molecular formula is C19H15ClF2O3.